The second kappa shape index (κ2) is 9.03. The van der Waals surface area contributed by atoms with Gasteiger partial charge in [-0.15, -0.1) is 36.2 Å². The molecule has 0 spiro atoms. The molecule has 0 radical (unpaired) electrons. The van der Waals surface area contributed by atoms with Gasteiger partial charge < -0.3 is 10.6 Å². The van der Waals surface area contributed by atoms with E-state index in [1.165, 1.54) is 0 Å². The maximum Gasteiger partial charge on any atom is 0.255 e. The summed E-state index contributed by atoms with van der Waals surface area (Å²) in [4.78, 5) is 19.4. The Morgan fingerprint density at radius 3 is 2.72 bits per heavy atom. The number of rotatable bonds is 3. The van der Waals surface area contributed by atoms with Gasteiger partial charge in [0.15, 0.2) is 5.13 Å². The fourth-order valence-corrected chi connectivity index (χ4v) is 4.25. The van der Waals surface area contributed by atoms with Crippen LogP contribution < -0.4 is 5.73 Å². The molecular formula is C17H26Cl2N4OS. The average Bonchev–Trinajstić information content (AvgIpc) is 3.14. The summed E-state index contributed by atoms with van der Waals surface area (Å²) in [5.74, 6) is 0.735. The Kier molecular flexibility index (Phi) is 7.93. The molecule has 2 aromatic rings. The van der Waals surface area contributed by atoms with Crippen LogP contribution in [0.15, 0.2) is 17.6 Å². The van der Waals surface area contributed by atoms with Gasteiger partial charge in [0.25, 0.3) is 5.91 Å². The molecule has 2 unspecified atom stereocenters. The number of carbonyl (C=O) groups excluding carboxylic acids is 1. The maximum absolute atomic E-state index is 13.1. The number of nitrogens with zero attached hydrogens (tertiary/aromatic N) is 3. The normalized spacial score (nSPS) is 19.9. The number of likely N-dealkylation sites (tertiary alicyclic amines) is 1. The first-order valence-corrected chi connectivity index (χ1v) is 9.00. The second-order valence-corrected chi connectivity index (χ2v) is 7.33. The van der Waals surface area contributed by atoms with Crippen LogP contribution in [0.4, 0.5) is 0 Å². The lowest BCUT2D eigenvalue weighted by atomic mass is 9.92. The number of aromatic nitrogens is 2. The highest BCUT2D eigenvalue weighted by Gasteiger charge is 2.31. The zero-order valence-corrected chi connectivity index (χ0v) is 17.2. The summed E-state index contributed by atoms with van der Waals surface area (Å²) in [7, 11) is 0. The van der Waals surface area contributed by atoms with Gasteiger partial charge in [0.05, 0.1) is 5.56 Å². The summed E-state index contributed by atoms with van der Waals surface area (Å²) in [6.07, 6.45) is 3.83. The Morgan fingerprint density at radius 1 is 1.40 bits per heavy atom. The molecule has 1 fully saturated rings. The molecule has 0 aliphatic carbocycles. The summed E-state index contributed by atoms with van der Waals surface area (Å²) < 4.78 is 2.06. The lowest BCUT2D eigenvalue weighted by Gasteiger charge is -2.38. The lowest BCUT2D eigenvalue weighted by Crippen LogP contribution is -2.49. The predicted octanol–water partition coefficient (Wildman–Crippen LogP) is 3.59. The van der Waals surface area contributed by atoms with Gasteiger partial charge >= 0.3 is 0 Å². The van der Waals surface area contributed by atoms with Crippen molar-refractivity contribution in [3.63, 3.8) is 0 Å². The van der Waals surface area contributed by atoms with Crippen LogP contribution in [0.5, 0.6) is 0 Å². The third-order valence-electron chi connectivity index (χ3n) is 4.78. The second-order valence-electron chi connectivity index (χ2n) is 6.45. The number of nitrogens with two attached hydrogens (primary N) is 1. The molecule has 0 aromatic carbocycles. The molecule has 2 atom stereocenters. The standard InChI is InChI=1S/C17H24N4OS.2ClH/c1-11-4-6-20(14(8-11)10-18)16(22)15-9-12(2)21(13(15)3)17-19-5-7-23-17;;/h5,7,9,11,14H,4,6,8,10,18H2,1-3H3;2*1H. The van der Waals surface area contributed by atoms with Crippen LogP contribution >= 0.6 is 36.2 Å². The highest BCUT2D eigenvalue weighted by Crippen LogP contribution is 2.27. The third kappa shape index (κ3) is 4.19. The Balaban J connectivity index is 0.00000156. The van der Waals surface area contributed by atoms with E-state index in [0.29, 0.717) is 12.5 Å². The van der Waals surface area contributed by atoms with Crippen LogP contribution in [0.1, 0.15) is 41.5 Å². The van der Waals surface area contributed by atoms with Crippen LogP contribution in [0, 0.1) is 19.8 Å². The molecule has 8 heteroatoms. The topological polar surface area (TPSA) is 64.2 Å². The third-order valence-corrected chi connectivity index (χ3v) is 5.54. The molecule has 3 heterocycles. The minimum absolute atomic E-state index is 0. The predicted molar refractivity (Wildman–Crippen MR) is 108 cm³/mol. The van der Waals surface area contributed by atoms with E-state index in [-0.39, 0.29) is 36.8 Å². The van der Waals surface area contributed by atoms with E-state index < -0.39 is 0 Å². The summed E-state index contributed by atoms with van der Waals surface area (Å²) in [6.45, 7) is 7.57. The summed E-state index contributed by atoms with van der Waals surface area (Å²) >= 11 is 1.58. The molecule has 2 aromatic heterocycles. The van der Waals surface area contributed by atoms with E-state index in [1.54, 1.807) is 17.5 Å². The van der Waals surface area contributed by atoms with Gasteiger partial charge in [-0.3, -0.25) is 9.36 Å². The first-order valence-electron chi connectivity index (χ1n) is 8.12. The number of hydrogen-bond donors (Lipinski definition) is 1. The van der Waals surface area contributed by atoms with Crippen molar-refractivity contribution in [2.75, 3.05) is 13.1 Å². The van der Waals surface area contributed by atoms with Crippen molar-refractivity contribution in [1.29, 1.82) is 0 Å². The number of thiazole rings is 1. The lowest BCUT2D eigenvalue weighted by molar-refractivity contribution is 0.0573. The van der Waals surface area contributed by atoms with Crippen molar-refractivity contribution >= 4 is 42.1 Å². The van der Waals surface area contributed by atoms with E-state index >= 15 is 0 Å². The Morgan fingerprint density at radius 2 is 2.12 bits per heavy atom. The Hall–Kier alpha value is -1.08. The minimum Gasteiger partial charge on any atom is -0.334 e. The van der Waals surface area contributed by atoms with E-state index in [2.05, 4.69) is 16.5 Å². The van der Waals surface area contributed by atoms with Gasteiger partial charge in [0.1, 0.15) is 0 Å². The minimum atomic E-state index is 0. The molecule has 2 N–H and O–H groups in total. The summed E-state index contributed by atoms with van der Waals surface area (Å²) in [6, 6.07) is 2.12. The van der Waals surface area contributed by atoms with Crippen molar-refractivity contribution in [1.82, 2.24) is 14.5 Å². The van der Waals surface area contributed by atoms with Gasteiger partial charge in [-0.25, -0.2) is 4.98 Å². The SMILES string of the molecule is Cc1cc(C(=O)N2CCC(C)CC2CN)c(C)n1-c1nccs1.Cl.Cl. The highest BCUT2D eigenvalue weighted by molar-refractivity contribution is 7.12. The fourth-order valence-electron chi connectivity index (χ4n) is 3.50. The molecule has 0 saturated carbocycles. The molecule has 1 amide bonds. The van der Waals surface area contributed by atoms with Crippen molar-refractivity contribution in [3.8, 4) is 5.13 Å². The number of aryl methyl sites for hydroxylation is 1. The van der Waals surface area contributed by atoms with E-state index in [4.69, 9.17) is 5.73 Å². The number of halogens is 2. The summed E-state index contributed by atoms with van der Waals surface area (Å²) in [5.41, 5.74) is 8.68. The van der Waals surface area contributed by atoms with Crippen LogP contribution in [0.2, 0.25) is 0 Å². The maximum atomic E-state index is 13.1. The molecule has 1 aliphatic heterocycles. The zero-order chi connectivity index (χ0) is 16.6. The Bertz CT molecular complexity index is 702. The first-order chi connectivity index (χ1) is 11.0. The largest absolute Gasteiger partial charge is 0.334 e. The monoisotopic (exact) mass is 404 g/mol. The molecule has 1 saturated heterocycles. The molecule has 1 aliphatic rings. The summed E-state index contributed by atoms with van der Waals surface area (Å²) in [5, 5.41) is 2.85. The fraction of sp³-hybridized carbons (Fsp3) is 0.529. The van der Waals surface area contributed by atoms with Crippen molar-refractivity contribution in [2.45, 2.75) is 39.7 Å². The smallest absolute Gasteiger partial charge is 0.255 e. The quantitative estimate of drug-likeness (QED) is 0.849. The van der Waals surface area contributed by atoms with Crippen LogP contribution in [0.25, 0.3) is 5.13 Å². The van der Waals surface area contributed by atoms with E-state index in [9.17, 15) is 4.79 Å². The van der Waals surface area contributed by atoms with Crippen LogP contribution in [-0.4, -0.2) is 39.5 Å². The molecule has 25 heavy (non-hydrogen) atoms. The number of amides is 1. The molecule has 0 bridgehead atoms. The van der Waals surface area contributed by atoms with Crippen molar-refractivity contribution in [2.24, 2.45) is 11.7 Å². The van der Waals surface area contributed by atoms with Crippen molar-refractivity contribution in [3.05, 3.63) is 34.6 Å². The van der Waals surface area contributed by atoms with Crippen LogP contribution in [-0.2, 0) is 0 Å². The number of carbonyl (C=O) groups is 1. The van der Waals surface area contributed by atoms with Gasteiger partial charge in [0.2, 0.25) is 0 Å². The van der Waals surface area contributed by atoms with Crippen LogP contribution in [0.3, 0.4) is 0 Å². The number of piperidine rings is 1. The zero-order valence-electron chi connectivity index (χ0n) is 14.8. The molecular weight excluding hydrogens is 379 g/mol. The Labute approximate surface area is 165 Å². The molecule has 5 nitrogen and oxygen atoms in total. The van der Waals surface area contributed by atoms with Gasteiger partial charge in [-0.05, 0) is 38.7 Å². The van der Waals surface area contributed by atoms with E-state index in [0.717, 1.165) is 41.5 Å². The number of hydrogen-bond acceptors (Lipinski definition) is 4. The highest BCUT2D eigenvalue weighted by atomic mass is 35.5. The van der Waals surface area contributed by atoms with Crippen molar-refractivity contribution < 1.29 is 4.79 Å². The molecule has 3 rings (SSSR count). The van der Waals surface area contributed by atoms with Gasteiger partial charge in [0, 0.05) is 42.1 Å². The average molecular weight is 405 g/mol. The van der Waals surface area contributed by atoms with Gasteiger partial charge in [-0.1, -0.05) is 6.92 Å². The van der Waals surface area contributed by atoms with E-state index in [1.807, 2.05) is 30.2 Å². The van der Waals surface area contributed by atoms with Gasteiger partial charge in [-0.2, -0.15) is 0 Å². The molecule has 140 valence electrons. The first kappa shape index (κ1) is 22.0.